The minimum Gasteiger partial charge on any atom is -0.387 e. The Bertz CT molecular complexity index is 996. The largest absolute Gasteiger partial charge is 0.387 e. The predicted octanol–water partition coefficient (Wildman–Crippen LogP) is 5.10. The molecule has 0 spiro atoms. The SMILES string of the molecule is CC(N)=NC(=NCc1cc(C(C)C)no1)c1c(C)cccc1-c1ccccc1. The van der Waals surface area contributed by atoms with Gasteiger partial charge in [-0.05, 0) is 36.5 Å². The molecular formula is C23H26N4O. The van der Waals surface area contributed by atoms with Crippen molar-refractivity contribution in [2.75, 3.05) is 0 Å². The van der Waals surface area contributed by atoms with Crippen LogP contribution in [0.4, 0.5) is 0 Å². The first-order chi connectivity index (χ1) is 13.5. The standard InChI is InChI=1S/C23H26N4O/c1-15(2)21-13-19(28-27-21)14-25-23(26-17(4)24)22-16(3)9-8-12-20(22)18-10-6-5-7-11-18/h5-13,15H,14H2,1-4H3,(H2,24,25,26). The van der Waals surface area contributed by atoms with Crippen LogP contribution in [-0.4, -0.2) is 16.8 Å². The fourth-order valence-electron chi connectivity index (χ4n) is 2.99. The first-order valence-corrected chi connectivity index (χ1v) is 9.42. The van der Waals surface area contributed by atoms with Crippen LogP contribution in [0, 0.1) is 6.92 Å². The summed E-state index contributed by atoms with van der Waals surface area (Å²) in [6, 6.07) is 18.4. The van der Waals surface area contributed by atoms with Crippen LogP contribution in [0.15, 0.2) is 69.1 Å². The van der Waals surface area contributed by atoms with Crippen LogP contribution < -0.4 is 5.73 Å². The van der Waals surface area contributed by atoms with Crippen LogP contribution in [0.3, 0.4) is 0 Å². The highest BCUT2D eigenvalue weighted by Crippen LogP contribution is 2.27. The quantitative estimate of drug-likeness (QED) is 0.499. The molecule has 0 unspecified atom stereocenters. The number of nitrogens with two attached hydrogens (primary N) is 1. The molecule has 28 heavy (non-hydrogen) atoms. The van der Waals surface area contributed by atoms with E-state index in [1.807, 2.05) is 30.3 Å². The van der Waals surface area contributed by atoms with E-state index in [2.05, 4.69) is 55.2 Å². The van der Waals surface area contributed by atoms with Crippen molar-refractivity contribution in [2.24, 2.45) is 15.7 Å². The van der Waals surface area contributed by atoms with Crippen LogP contribution in [0.2, 0.25) is 0 Å². The average Bonchev–Trinajstić information content (AvgIpc) is 3.15. The number of aryl methyl sites for hydroxylation is 1. The maximum Gasteiger partial charge on any atom is 0.158 e. The van der Waals surface area contributed by atoms with E-state index in [4.69, 9.17) is 15.2 Å². The molecule has 2 N–H and O–H groups in total. The van der Waals surface area contributed by atoms with E-state index in [9.17, 15) is 0 Å². The zero-order chi connectivity index (χ0) is 20.1. The number of hydrogen-bond donors (Lipinski definition) is 1. The summed E-state index contributed by atoms with van der Waals surface area (Å²) in [7, 11) is 0. The van der Waals surface area contributed by atoms with Crippen molar-refractivity contribution < 1.29 is 4.52 Å². The molecule has 0 amide bonds. The van der Waals surface area contributed by atoms with Crippen LogP contribution >= 0.6 is 0 Å². The van der Waals surface area contributed by atoms with Crippen molar-refractivity contribution in [1.29, 1.82) is 0 Å². The molecule has 0 bridgehead atoms. The van der Waals surface area contributed by atoms with Crippen molar-refractivity contribution in [2.45, 2.75) is 40.2 Å². The van der Waals surface area contributed by atoms with E-state index in [0.29, 0.717) is 29.9 Å². The summed E-state index contributed by atoms with van der Waals surface area (Å²) in [5, 5.41) is 4.11. The third-order valence-electron chi connectivity index (χ3n) is 4.42. The third-order valence-corrected chi connectivity index (χ3v) is 4.42. The van der Waals surface area contributed by atoms with E-state index in [1.54, 1.807) is 6.92 Å². The second-order valence-electron chi connectivity index (χ2n) is 7.13. The van der Waals surface area contributed by atoms with Gasteiger partial charge in [-0.25, -0.2) is 4.99 Å². The number of rotatable bonds is 5. The smallest absolute Gasteiger partial charge is 0.158 e. The lowest BCUT2D eigenvalue weighted by Gasteiger charge is -2.13. The number of hydrogen-bond acceptors (Lipinski definition) is 3. The minimum atomic E-state index is 0.311. The molecule has 144 valence electrons. The van der Waals surface area contributed by atoms with Crippen molar-refractivity contribution in [3.05, 3.63) is 77.2 Å². The van der Waals surface area contributed by atoms with Gasteiger partial charge in [0.15, 0.2) is 11.6 Å². The van der Waals surface area contributed by atoms with Crippen molar-refractivity contribution >= 4 is 11.7 Å². The number of aromatic nitrogens is 1. The summed E-state index contributed by atoms with van der Waals surface area (Å²) >= 11 is 0. The van der Waals surface area contributed by atoms with Gasteiger partial charge >= 0.3 is 0 Å². The van der Waals surface area contributed by atoms with Gasteiger partial charge in [-0.15, -0.1) is 0 Å². The molecule has 0 aliphatic carbocycles. The molecule has 0 fully saturated rings. The third kappa shape index (κ3) is 4.55. The molecule has 2 aromatic carbocycles. The van der Waals surface area contributed by atoms with Crippen molar-refractivity contribution in [3.8, 4) is 11.1 Å². The molecule has 0 saturated heterocycles. The maximum atomic E-state index is 5.92. The average molecular weight is 374 g/mol. The van der Waals surface area contributed by atoms with Gasteiger partial charge in [0.05, 0.1) is 11.5 Å². The Labute approximate surface area is 166 Å². The molecule has 3 aromatic rings. The Morgan fingerprint density at radius 3 is 2.50 bits per heavy atom. The lowest BCUT2D eigenvalue weighted by atomic mass is 9.95. The molecular weight excluding hydrogens is 348 g/mol. The Kier molecular flexibility index (Phi) is 6.04. The predicted molar refractivity (Wildman–Crippen MR) is 115 cm³/mol. The number of amidine groups is 2. The fourth-order valence-corrected chi connectivity index (χ4v) is 2.99. The van der Waals surface area contributed by atoms with Gasteiger partial charge in [-0.2, -0.15) is 0 Å². The molecule has 0 aliphatic rings. The van der Waals surface area contributed by atoms with Crippen LogP contribution in [-0.2, 0) is 6.54 Å². The molecule has 1 heterocycles. The van der Waals surface area contributed by atoms with Gasteiger partial charge in [-0.1, -0.05) is 67.5 Å². The molecule has 0 radical (unpaired) electrons. The molecule has 1 aromatic heterocycles. The molecule has 0 saturated carbocycles. The van der Waals surface area contributed by atoms with E-state index < -0.39 is 0 Å². The highest BCUT2D eigenvalue weighted by Gasteiger charge is 2.14. The summed E-state index contributed by atoms with van der Waals surface area (Å²) in [6.45, 7) is 8.34. The molecule has 0 aliphatic heterocycles. The Morgan fingerprint density at radius 2 is 1.86 bits per heavy atom. The van der Waals surface area contributed by atoms with Crippen molar-refractivity contribution in [1.82, 2.24) is 5.16 Å². The van der Waals surface area contributed by atoms with Crippen LogP contribution in [0.5, 0.6) is 0 Å². The normalized spacial score (nSPS) is 12.6. The van der Waals surface area contributed by atoms with Crippen LogP contribution in [0.25, 0.3) is 11.1 Å². The monoisotopic (exact) mass is 374 g/mol. The second-order valence-corrected chi connectivity index (χ2v) is 7.13. The number of aliphatic imine (C=N–C) groups is 2. The van der Waals surface area contributed by atoms with Crippen LogP contribution in [0.1, 0.15) is 49.3 Å². The highest BCUT2D eigenvalue weighted by molar-refractivity contribution is 6.10. The van der Waals surface area contributed by atoms with E-state index >= 15 is 0 Å². The van der Waals surface area contributed by atoms with E-state index in [-0.39, 0.29) is 0 Å². The molecule has 5 nitrogen and oxygen atoms in total. The maximum absolute atomic E-state index is 5.92. The summed E-state index contributed by atoms with van der Waals surface area (Å²) in [4.78, 5) is 9.27. The lowest BCUT2D eigenvalue weighted by molar-refractivity contribution is 0.376. The summed E-state index contributed by atoms with van der Waals surface area (Å²) < 4.78 is 5.43. The second kappa shape index (κ2) is 8.65. The summed E-state index contributed by atoms with van der Waals surface area (Å²) in [5.41, 5.74) is 11.1. The van der Waals surface area contributed by atoms with Gasteiger partial charge in [0.2, 0.25) is 0 Å². The molecule has 5 heteroatoms. The van der Waals surface area contributed by atoms with Gasteiger partial charge in [0.25, 0.3) is 0 Å². The number of nitrogens with zero attached hydrogens (tertiary/aromatic N) is 3. The van der Waals surface area contributed by atoms with Gasteiger partial charge in [0, 0.05) is 11.6 Å². The minimum absolute atomic E-state index is 0.311. The number of benzene rings is 2. The first-order valence-electron chi connectivity index (χ1n) is 9.42. The zero-order valence-corrected chi connectivity index (χ0v) is 16.8. The Balaban J connectivity index is 2.06. The molecule has 0 atom stereocenters. The topological polar surface area (TPSA) is 76.8 Å². The molecule has 3 rings (SSSR count). The Hall–Kier alpha value is -3.21. The fraction of sp³-hybridized carbons (Fsp3) is 0.261. The first kappa shape index (κ1) is 19.5. The van der Waals surface area contributed by atoms with E-state index in [1.165, 1.54) is 0 Å². The van der Waals surface area contributed by atoms with Crippen molar-refractivity contribution in [3.63, 3.8) is 0 Å². The Morgan fingerprint density at radius 1 is 1.11 bits per heavy atom. The van der Waals surface area contributed by atoms with Gasteiger partial charge < -0.3 is 10.3 Å². The lowest BCUT2D eigenvalue weighted by Crippen LogP contribution is -2.12. The summed E-state index contributed by atoms with van der Waals surface area (Å²) in [6.07, 6.45) is 0. The van der Waals surface area contributed by atoms with Gasteiger partial charge in [-0.3, -0.25) is 4.99 Å². The zero-order valence-electron chi connectivity index (χ0n) is 16.8. The highest BCUT2D eigenvalue weighted by atomic mass is 16.5. The summed E-state index contributed by atoms with van der Waals surface area (Å²) in [5.74, 6) is 2.08. The van der Waals surface area contributed by atoms with Gasteiger partial charge in [0.1, 0.15) is 6.54 Å². The van der Waals surface area contributed by atoms with E-state index in [0.717, 1.165) is 27.9 Å².